The number of carbonyl (C=O) groups excluding carboxylic acids is 1. The van der Waals surface area contributed by atoms with Crippen LogP contribution in [0.4, 0.5) is 0 Å². The molecule has 120 valence electrons. The van der Waals surface area contributed by atoms with Crippen molar-refractivity contribution in [2.45, 2.75) is 38.5 Å². The molecule has 0 spiro atoms. The quantitative estimate of drug-likeness (QED) is 0.483. The molecule has 1 atom stereocenters. The molecule has 1 nitrogen and oxygen atoms in total. The van der Waals surface area contributed by atoms with E-state index in [1.807, 2.05) is 48.5 Å². The van der Waals surface area contributed by atoms with E-state index >= 15 is 0 Å². The molecule has 0 amide bonds. The van der Waals surface area contributed by atoms with Crippen molar-refractivity contribution in [1.82, 2.24) is 0 Å². The zero-order valence-corrected chi connectivity index (χ0v) is 15.1. The van der Waals surface area contributed by atoms with E-state index in [1.165, 1.54) is 16.5 Å². The van der Waals surface area contributed by atoms with Gasteiger partial charge in [0.15, 0.2) is 5.78 Å². The Morgan fingerprint density at radius 3 is 2.26 bits per heavy atom. The number of hydrogen-bond acceptors (Lipinski definition) is 1. The van der Waals surface area contributed by atoms with E-state index in [2.05, 4.69) is 41.1 Å². The number of unbranched alkanes of at least 4 members (excludes halogenated alkanes) is 1. The summed E-state index contributed by atoms with van der Waals surface area (Å²) in [7, 11) is 0. The second kappa shape index (κ2) is 9.46. The summed E-state index contributed by atoms with van der Waals surface area (Å²) in [6.45, 7) is 2.19. The van der Waals surface area contributed by atoms with Crippen LogP contribution in [0.25, 0.3) is 0 Å². The molecule has 2 heteroatoms. The fourth-order valence-electron chi connectivity index (χ4n) is 2.56. The lowest BCUT2D eigenvalue weighted by Crippen LogP contribution is -2.06. The maximum atomic E-state index is 12.6. The molecular weight excluding hydrogens is 348 g/mol. The van der Waals surface area contributed by atoms with Crippen LogP contribution in [0.15, 0.2) is 71.2 Å². The van der Waals surface area contributed by atoms with Crippen molar-refractivity contribution < 1.29 is 4.79 Å². The molecule has 0 bridgehead atoms. The van der Waals surface area contributed by atoms with Gasteiger partial charge >= 0.3 is 0 Å². The Hall–Kier alpha value is -1.67. The van der Waals surface area contributed by atoms with Crippen molar-refractivity contribution in [1.29, 1.82) is 0 Å². The Morgan fingerprint density at radius 2 is 1.65 bits per heavy atom. The number of allylic oxidation sites excluding steroid dienone is 2. The third-order valence-corrected chi connectivity index (χ3v) is 4.54. The second-order valence-corrected chi connectivity index (χ2v) is 6.75. The Kier molecular flexibility index (Phi) is 7.28. The van der Waals surface area contributed by atoms with Gasteiger partial charge in [-0.2, -0.15) is 0 Å². The Bertz CT molecular complexity index is 631. The molecule has 0 N–H and O–H groups in total. The van der Waals surface area contributed by atoms with Crippen molar-refractivity contribution in [3.05, 3.63) is 82.3 Å². The monoisotopic (exact) mass is 370 g/mol. The Morgan fingerprint density at radius 1 is 1.04 bits per heavy atom. The average molecular weight is 371 g/mol. The van der Waals surface area contributed by atoms with Gasteiger partial charge in [-0.1, -0.05) is 96.0 Å². The fourth-order valence-corrected chi connectivity index (χ4v) is 3.16. The van der Waals surface area contributed by atoms with E-state index in [1.54, 1.807) is 0 Å². The molecule has 0 heterocycles. The second-order valence-electron chi connectivity index (χ2n) is 5.73. The number of ketones is 1. The molecule has 0 aliphatic carbocycles. The van der Waals surface area contributed by atoms with E-state index in [4.69, 9.17) is 0 Å². The summed E-state index contributed by atoms with van der Waals surface area (Å²) in [5, 5.41) is 0. The van der Waals surface area contributed by atoms with Gasteiger partial charge in [0, 0.05) is 17.9 Å². The third-order valence-electron chi connectivity index (χ3n) is 3.88. The van der Waals surface area contributed by atoms with E-state index in [0.29, 0.717) is 6.42 Å². The van der Waals surface area contributed by atoms with Crippen LogP contribution >= 0.6 is 15.9 Å². The maximum absolute atomic E-state index is 12.6. The summed E-state index contributed by atoms with van der Waals surface area (Å²) in [4.78, 5) is 12.6. The largest absolute Gasteiger partial charge is 0.294 e. The van der Waals surface area contributed by atoms with E-state index in [-0.39, 0.29) is 11.7 Å². The topological polar surface area (TPSA) is 17.1 Å². The molecular formula is C21H23BrO. The van der Waals surface area contributed by atoms with Gasteiger partial charge in [-0.15, -0.1) is 0 Å². The van der Waals surface area contributed by atoms with Crippen molar-refractivity contribution >= 4 is 21.7 Å². The Balaban J connectivity index is 2.19. The third kappa shape index (κ3) is 5.80. The highest BCUT2D eigenvalue weighted by atomic mass is 79.9. The van der Waals surface area contributed by atoms with Gasteiger partial charge in [-0.05, 0) is 22.9 Å². The minimum Gasteiger partial charge on any atom is -0.294 e. The van der Waals surface area contributed by atoms with Gasteiger partial charge in [0.05, 0.1) is 0 Å². The predicted molar refractivity (Wildman–Crippen MR) is 101 cm³/mol. The fraction of sp³-hybridized carbons (Fsp3) is 0.286. The number of rotatable bonds is 8. The zero-order chi connectivity index (χ0) is 16.5. The van der Waals surface area contributed by atoms with Crippen LogP contribution in [-0.4, -0.2) is 5.78 Å². The van der Waals surface area contributed by atoms with Crippen molar-refractivity contribution in [2.24, 2.45) is 0 Å². The van der Waals surface area contributed by atoms with Crippen LogP contribution in [0.1, 0.15) is 54.4 Å². The molecule has 1 unspecified atom stereocenters. The first-order valence-corrected chi connectivity index (χ1v) is 8.99. The molecule has 0 saturated heterocycles. The summed E-state index contributed by atoms with van der Waals surface area (Å²) in [6, 6.07) is 19.8. The van der Waals surface area contributed by atoms with Crippen LogP contribution in [-0.2, 0) is 0 Å². The molecule has 2 aromatic carbocycles. The van der Waals surface area contributed by atoms with Gasteiger partial charge < -0.3 is 0 Å². The molecule has 2 rings (SSSR count). The van der Waals surface area contributed by atoms with Crippen LogP contribution in [0, 0.1) is 0 Å². The van der Waals surface area contributed by atoms with E-state index < -0.39 is 0 Å². The van der Waals surface area contributed by atoms with Crippen molar-refractivity contribution in [2.75, 3.05) is 0 Å². The standard InChI is InChI=1S/C21H23BrO/c1-2-3-14-20(22)15-19(17-10-6-4-7-11-17)16-21(23)18-12-8-5-9-13-18/h4-13,15,19H,2-3,14,16H2,1H3/b20-15-. The van der Waals surface area contributed by atoms with Gasteiger partial charge in [0.25, 0.3) is 0 Å². The van der Waals surface area contributed by atoms with E-state index in [0.717, 1.165) is 18.4 Å². The number of hydrogen-bond donors (Lipinski definition) is 0. The normalized spacial score (nSPS) is 12.9. The van der Waals surface area contributed by atoms with Gasteiger partial charge in [0.1, 0.15) is 0 Å². The highest BCUT2D eigenvalue weighted by molar-refractivity contribution is 9.11. The van der Waals surface area contributed by atoms with Crippen LogP contribution in [0.5, 0.6) is 0 Å². The summed E-state index contributed by atoms with van der Waals surface area (Å²) in [5.74, 6) is 0.293. The predicted octanol–water partition coefficient (Wildman–Crippen LogP) is 6.51. The van der Waals surface area contributed by atoms with Crippen LogP contribution in [0.3, 0.4) is 0 Å². The SMILES string of the molecule is CCCC/C(Br)=C/C(CC(=O)c1ccccc1)c1ccccc1. The Labute approximate surface area is 147 Å². The van der Waals surface area contributed by atoms with Crippen LogP contribution < -0.4 is 0 Å². The lowest BCUT2D eigenvalue weighted by atomic mass is 9.91. The van der Waals surface area contributed by atoms with E-state index in [9.17, 15) is 4.79 Å². The maximum Gasteiger partial charge on any atom is 0.163 e. The lowest BCUT2D eigenvalue weighted by Gasteiger charge is -2.14. The number of carbonyl (C=O) groups is 1. The smallest absolute Gasteiger partial charge is 0.163 e. The molecule has 0 aromatic heterocycles. The summed E-state index contributed by atoms with van der Waals surface area (Å²) < 4.78 is 1.19. The minimum absolute atomic E-state index is 0.107. The zero-order valence-electron chi connectivity index (χ0n) is 13.5. The van der Waals surface area contributed by atoms with Crippen molar-refractivity contribution in [3.63, 3.8) is 0 Å². The molecule has 0 aliphatic heterocycles. The van der Waals surface area contributed by atoms with Gasteiger partial charge in [-0.25, -0.2) is 0 Å². The van der Waals surface area contributed by atoms with Crippen molar-refractivity contribution in [3.8, 4) is 0 Å². The summed E-state index contributed by atoms with van der Waals surface area (Å²) in [6.07, 6.45) is 6.05. The number of halogens is 1. The first-order valence-electron chi connectivity index (χ1n) is 8.20. The first kappa shape index (κ1) is 17.7. The molecule has 2 aromatic rings. The molecule has 23 heavy (non-hydrogen) atoms. The molecule has 0 radical (unpaired) electrons. The number of benzene rings is 2. The molecule has 0 aliphatic rings. The molecule has 0 fully saturated rings. The summed E-state index contributed by atoms with van der Waals surface area (Å²) in [5.41, 5.74) is 1.97. The average Bonchev–Trinajstić information content (AvgIpc) is 2.61. The summed E-state index contributed by atoms with van der Waals surface area (Å²) >= 11 is 3.67. The van der Waals surface area contributed by atoms with Crippen LogP contribution in [0.2, 0.25) is 0 Å². The molecule has 0 saturated carbocycles. The van der Waals surface area contributed by atoms with Gasteiger partial charge in [-0.3, -0.25) is 4.79 Å². The number of Topliss-reactive ketones (excluding diaryl/α,β-unsaturated/α-hetero) is 1. The highest BCUT2D eigenvalue weighted by Crippen LogP contribution is 2.28. The lowest BCUT2D eigenvalue weighted by molar-refractivity contribution is 0.0978. The first-order chi connectivity index (χ1) is 11.2. The minimum atomic E-state index is 0.107. The highest BCUT2D eigenvalue weighted by Gasteiger charge is 2.15. The van der Waals surface area contributed by atoms with Gasteiger partial charge in [0.2, 0.25) is 0 Å².